The number of aromatic nitrogens is 2. The summed E-state index contributed by atoms with van der Waals surface area (Å²) in [6.45, 7) is 6.02. The van der Waals surface area contributed by atoms with E-state index in [0.29, 0.717) is 42.0 Å². The Morgan fingerprint density at radius 1 is 1.31 bits per heavy atom. The molecule has 1 N–H and O–H groups in total. The molecule has 1 aliphatic heterocycles. The normalized spacial score (nSPS) is 16.0. The smallest absolute Gasteiger partial charge is 0.145 e. The lowest BCUT2D eigenvalue weighted by atomic mass is 10.1. The second-order valence-corrected chi connectivity index (χ2v) is 7.51. The van der Waals surface area contributed by atoms with E-state index in [-0.39, 0.29) is 10.6 Å². The van der Waals surface area contributed by atoms with Crippen LogP contribution < -0.4 is 10.1 Å². The standard InChI is InChI=1S/C21H19F2N3O2S/c1-13(18-12-29-21(26-18)20-15(22)3-2-4-16(20)23)25-17-9-24-7-5-19(17)28-11-14-6-8-27-10-14/h2-5,7,9,12,14,25H,1,6,8,10-11H2. The van der Waals surface area contributed by atoms with E-state index in [1.165, 1.54) is 18.2 Å². The van der Waals surface area contributed by atoms with Crippen molar-refractivity contribution in [2.45, 2.75) is 6.42 Å². The molecule has 29 heavy (non-hydrogen) atoms. The van der Waals surface area contributed by atoms with Crippen molar-refractivity contribution in [3.63, 3.8) is 0 Å². The molecule has 2 aromatic heterocycles. The minimum absolute atomic E-state index is 0.138. The Morgan fingerprint density at radius 3 is 2.90 bits per heavy atom. The van der Waals surface area contributed by atoms with Gasteiger partial charge in [0.25, 0.3) is 0 Å². The van der Waals surface area contributed by atoms with E-state index in [2.05, 4.69) is 21.9 Å². The van der Waals surface area contributed by atoms with Crippen LogP contribution in [0, 0.1) is 17.6 Å². The average molecular weight is 415 g/mol. The zero-order chi connectivity index (χ0) is 20.2. The summed E-state index contributed by atoms with van der Waals surface area (Å²) in [6, 6.07) is 5.51. The van der Waals surface area contributed by atoms with Gasteiger partial charge in [0.05, 0.1) is 42.1 Å². The molecule has 1 aromatic carbocycles. The molecular weight excluding hydrogens is 396 g/mol. The van der Waals surface area contributed by atoms with E-state index in [0.717, 1.165) is 24.4 Å². The zero-order valence-electron chi connectivity index (χ0n) is 15.5. The lowest BCUT2D eigenvalue weighted by Gasteiger charge is -2.15. The molecule has 4 rings (SSSR count). The van der Waals surface area contributed by atoms with Gasteiger partial charge in [0.15, 0.2) is 0 Å². The second-order valence-electron chi connectivity index (χ2n) is 6.65. The van der Waals surface area contributed by atoms with Crippen molar-refractivity contribution >= 4 is 22.7 Å². The summed E-state index contributed by atoms with van der Waals surface area (Å²) in [5.41, 5.74) is 1.47. The van der Waals surface area contributed by atoms with Gasteiger partial charge in [0, 0.05) is 30.2 Å². The van der Waals surface area contributed by atoms with Crippen LogP contribution in [0.3, 0.4) is 0 Å². The molecule has 0 amide bonds. The van der Waals surface area contributed by atoms with Gasteiger partial charge in [-0.05, 0) is 18.6 Å². The summed E-state index contributed by atoms with van der Waals surface area (Å²) in [6.07, 6.45) is 4.26. The Hall–Kier alpha value is -2.84. The zero-order valence-corrected chi connectivity index (χ0v) is 16.3. The van der Waals surface area contributed by atoms with Crippen molar-refractivity contribution in [1.82, 2.24) is 9.97 Å². The largest absolute Gasteiger partial charge is 0.491 e. The number of hydrogen-bond donors (Lipinski definition) is 1. The molecule has 0 radical (unpaired) electrons. The van der Waals surface area contributed by atoms with Crippen LogP contribution in [-0.2, 0) is 4.74 Å². The van der Waals surface area contributed by atoms with E-state index >= 15 is 0 Å². The Balaban J connectivity index is 1.48. The van der Waals surface area contributed by atoms with Crippen molar-refractivity contribution in [3.05, 3.63) is 65.9 Å². The van der Waals surface area contributed by atoms with Gasteiger partial charge in [-0.2, -0.15) is 0 Å². The fourth-order valence-corrected chi connectivity index (χ4v) is 3.86. The van der Waals surface area contributed by atoms with Gasteiger partial charge < -0.3 is 14.8 Å². The first-order valence-electron chi connectivity index (χ1n) is 9.12. The lowest BCUT2D eigenvalue weighted by Crippen LogP contribution is -2.12. The van der Waals surface area contributed by atoms with Crippen molar-refractivity contribution in [2.24, 2.45) is 5.92 Å². The summed E-state index contributed by atoms with van der Waals surface area (Å²) in [5.74, 6) is -0.286. The summed E-state index contributed by atoms with van der Waals surface area (Å²) >= 11 is 1.15. The molecule has 1 fully saturated rings. The number of hydrogen-bond acceptors (Lipinski definition) is 6. The summed E-state index contributed by atoms with van der Waals surface area (Å²) in [4.78, 5) is 8.46. The van der Waals surface area contributed by atoms with Gasteiger partial charge in [-0.25, -0.2) is 13.8 Å². The molecule has 0 bridgehead atoms. The van der Waals surface area contributed by atoms with Crippen LogP contribution in [0.4, 0.5) is 14.5 Å². The number of nitrogens with zero attached hydrogens (tertiary/aromatic N) is 2. The van der Waals surface area contributed by atoms with Crippen molar-refractivity contribution < 1.29 is 18.3 Å². The highest BCUT2D eigenvalue weighted by Crippen LogP contribution is 2.32. The molecular formula is C21H19F2N3O2S. The second kappa shape index (κ2) is 8.67. The van der Waals surface area contributed by atoms with Gasteiger partial charge in [-0.3, -0.25) is 4.98 Å². The molecule has 1 saturated heterocycles. The van der Waals surface area contributed by atoms with Crippen LogP contribution in [0.15, 0.2) is 48.6 Å². The molecule has 3 aromatic rings. The van der Waals surface area contributed by atoms with Crippen LogP contribution in [0.2, 0.25) is 0 Å². The van der Waals surface area contributed by atoms with Gasteiger partial charge in [-0.15, -0.1) is 11.3 Å². The number of anilines is 1. The fraction of sp³-hybridized carbons (Fsp3) is 0.238. The number of pyridine rings is 1. The predicted octanol–water partition coefficient (Wildman–Crippen LogP) is 4.98. The number of ether oxygens (including phenoxy) is 2. The number of rotatable bonds is 7. The molecule has 0 spiro atoms. The first-order valence-corrected chi connectivity index (χ1v) is 10.0. The van der Waals surface area contributed by atoms with Crippen LogP contribution in [0.25, 0.3) is 16.3 Å². The van der Waals surface area contributed by atoms with Crippen LogP contribution in [0.1, 0.15) is 12.1 Å². The summed E-state index contributed by atoms with van der Waals surface area (Å²) < 4.78 is 39.3. The first kappa shape index (κ1) is 19.5. The minimum atomic E-state index is -0.650. The van der Waals surface area contributed by atoms with E-state index < -0.39 is 11.6 Å². The van der Waals surface area contributed by atoms with Crippen LogP contribution in [-0.4, -0.2) is 29.8 Å². The molecule has 0 aliphatic carbocycles. The molecule has 8 heteroatoms. The predicted molar refractivity (Wildman–Crippen MR) is 109 cm³/mol. The van der Waals surface area contributed by atoms with E-state index in [1.54, 1.807) is 23.8 Å². The molecule has 1 aliphatic rings. The van der Waals surface area contributed by atoms with Gasteiger partial charge in [-0.1, -0.05) is 12.6 Å². The average Bonchev–Trinajstić information content (AvgIpc) is 3.39. The van der Waals surface area contributed by atoms with Crippen LogP contribution >= 0.6 is 11.3 Å². The molecule has 5 nitrogen and oxygen atoms in total. The third-order valence-electron chi connectivity index (χ3n) is 4.56. The van der Waals surface area contributed by atoms with Crippen LogP contribution in [0.5, 0.6) is 5.75 Å². The number of benzene rings is 1. The Morgan fingerprint density at radius 2 is 2.14 bits per heavy atom. The maximum atomic E-state index is 14.0. The highest BCUT2D eigenvalue weighted by molar-refractivity contribution is 7.13. The molecule has 150 valence electrons. The van der Waals surface area contributed by atoms with Gasteiger partial charge in [0.2, 0.25) is 0 Å². The Labute approximate surface area is 171 Å². The minimum Gasteiger partial charge on any atom is -0.491 e. The van der Waals surface area contributed by atoms with Gasteiger partial charge in [0.1, 0.15) is 22.4 Å². The highest BCUT2D eigenvalue weighted by atomic mass is 32.1. The van der Waals surface area contributed by atoms with Crippen molar-refractivity contribution in [3.8, 4) is 16.3 Å². The first-order chi connectivity index (χ1) is 14.1. The third-order valence-corrected chi connectivity index (χ3v) is 5.41. The topological polar surface area (TPSA) is 56.3 Å². The fourth-order valence-electron chi connectivity index (χ4n) is 2.98. The van der Waals surface area contributed by atoms with Crippen molar-refractivity contribution in [1.29, 1.82) is 0 Å². The maximum Gasteiger partial charge on any atom is 0.145 e. The van der Waals surface area contributed by atoms with Gasteiger partial charge >= 0.3 is 0 Å². The summed E-state index contributed by atoms with van der Waals surface area (Å²) in [7, 11) is 0. The van der Waals surface area contributed by atoms with Crippen molar-refractivity contribution in [2.75, 3.05) is 25.1 Å². The molecule has 1 unspecified atom stereocenters. The lowest BCUT2D eigenvalue weighted by molar-refractivity contribution is 0.167. The number of nitrogens with one attached hydrogen (secondary N) is 1. The number of halogens is 2. The molecule has 1 atom stereocenters. The molecule has 0 saturated carbocycles. The third kappa shape index (κ3) is 4.44. The SMILES string of the molecule is C=C(Nc1cnccc1OCC1CCOC1)c1csc(-c2c(F)cccc2F)n1. The number of thiazole rings is 1. The quantitative estimate of drug-likeness (QED) is 0.590. The summed E-state index contributed by atoms with van der Waals surface area (Å²) in [5, 5.41) is 5.09. The Kier molecular flexibility index (Phi) is 5.82. The van der Waals surface area contributed by atoms with E-state index in [1.807, 2.05) is 0 Å². The molecule has 3 heterocycles. The Bertz CT molecular complexity index is 998. The highest BCUT2D eigenvalue weighted by Gasteiger charge is 2.18. The van der Waals surface area contributed by atoms with E-state index in [4.69, 9.17) is 9.47 Å². The monoisotopic (exact) mass is 415 g/mol. The maximum absolute atomic E-state index is 14.0. The van der Waals surface area contributed by atoms with E-state index in [9.17, 15) is 8.78 Å².